The third-order valence-corrected chi connectivity index (χ3v) is 4.22. The summed E-state index contributed by atoms with van der Waals surface area (Å²) in [6.07, 6.45) is -0.0727. The highest BCUT2D eigenvalue weighted by Gasteiger charge is 2.31. The van der Waals surface area contributed by atoms with Crippen molar-refractivity contribution in [3.05, 3.63) is 75.3 Å². The van der Waals surface area contributed by atoms with Crippen LogP contribution in [0.25, 0.3) is 0 Å². The van der Waals surface area contributed by atoms with Crippen LogP contribution in [0.5, 0.6) is 0 Å². The number of carboxylic acids is 1. The summed E-state index contributed by atoms with van der Waals surface area (Å²) in [5, 5.41) is 20.5. The standard InChI is InChI=1S/C19H19NO6/c1-3-16(12(2)13-8-5-4-6-9-13)26-19(23)17-14(18(21)22)10-7-11-15(17)20(24)25/h4-12,16H,3H2,1-2H3,(H,21,22). The number of nitrogens with zero attached hydrogens (tertiary/aromatic N) is 1. The third-order valence-electron chi connectivity index (χ3n) is 4.22. The molecule has 0 fully saturated rings. The van der Waals surface area contributed by atoms with Crippen molar-refractivity contribution in [3.8, 4) is 0 Å². The highest BCUT2D eigenvalue weighted by Crippen LogP contribution is 2.28. The zero-order valence-corrected chi connectivity index (χ0v) is 14.4. The second kappa shape index (κ2) is 8.24. The minimum absolute atomic E-state index is 0.152. The third kappa shape index (κ3) is 4.05. The van der Waals surface area contributed by atoms with Crippen LogP contribution in [0.2, 0.25) is 0 Å². The number of benzene rings is 2. The lowest BCUT2D eigenvalue weighted by molar-refractivity contribution is -0.385. The molecule has 2 atom stereocenters. The number of hydrogen-bond acceptors (Lipinski definition) is 5. The van der Waals surface area contributed by atoms with Gasteiger partial charge in [-0.15, -0.1) is 0 Å². The molecule has 0 aliphatic carbocycles. The number of esters is 1. The van der Waals surface area contributed by atoms with Gasteiger partial charge >= 0.3 is 11.9 Å². The van der Waals surface area contributed by atoms with Crippen molar-refractivity contribution in [1.29, 1.82) is 0 Å². The molecule has 0 heterocycles. The first kappa shape index (κ1) is 19.1. The van der Waals surface area contributed by atoms with E-state index < -0.39 is 39.8 Å². The second-order valence-electron chi connectivity index (χ2n) is 5.81. The lowest BCUT2D eigenvalue weighted by Gasteiger charge is -2.23. The van der Waals surface area contributed by atoms with Crippen LogP contribution in [-0.4, -0.2) is 28.1 Å². The monoisotopic (exact) mass is 357 g/mol. The average Bonchev–Trinajstić information content (AvgIpc) is 2.65. The van der Waals surface area contributed by atoms with E-state index in [1.54, 1.807) is 0 Å². The van der Waals surface area contributed by atoms with E-state index in [-0.39, 0.29) is 5.92 Å². The van der Waals surface area contributed by atoms with Gasteiger partial charge in [0, 0.05) is 12.0 Å². The molecule has 0 aromatic heterocycles. The zero-order valence-electron chi connectivity index (χ0n) is 14.4. The van der Waals surface area contributed by atoms with E-state index in [1.807, 2.05) is 44.2 Å². The van der Waals surface area contributed by atoms with Gasteiger partial charge in [0.1, 0.15) is 6.10 Å². The Balaban J connectivity index is 2.36. The zero-order chi connectivity index (χ0) is 19.3. The van der Waals surface area contributed by atoms with Gasteiger partial charge in [0.2, 0.25) is 0 Å². The van der Waals surface area contributed by atoms with Gasteiger partial charge in [-0.2, -0.15) is 0 Å². The van der Waals surface area contributed by atoms with Gasteiger partial charge in [0.25, 0.3) is 5.69 Å². The molecule has 0 spiro atoms. The molecule has 0 bridgehead atoms. The van der Waals surface area contributed by atoms with Gasteiger partial charge in [-0.05, 0) is 18.1 Å². The molecule has 2 aromatic rings. The van der Waals surface area contributed by atoms with Crippen molar-refractivity contribution in [1.82, 2.24) is 0 Å². The maximum absolute atomic E-state index is 12.6. The van der Waals surface area contributed by atoms with E-state index in [4.69, 9.17) is 4.74 Å². The maximum Gasteiger partial charge on any atom is 0.346 e. The van der Waals surface area contributed by atoms with E-state index in [9.17, 15) is 24.8 Å². The Bertz CT molecular complexity index is 786. The van der Waals surface area contributed by atoms with Crippen LogP contribution in [0.4, 0.5) is 5.69 Å². The number of ether oxygens (including phenoxy) is 1. The first-order chi connectivity index (χ1) is 12.4. The van der Waals surface area contributed by atoms with Gasteiger partial charge in [0.05, 0.1) is 10.5 Å². The van der Waals surface area contributed by atoms with Crippen molar-refractivity contribution in [2.45, 2.75) is 32.3 Å². The topological polar surface area (TPSA) is 107 Å². The summed E-state index contributed by atoms with van der Waals surface area (Å²) in [6.45, 7) is 3.71. The Morgan fingerprint density at radius 1 is 1.15 bits per heavy atom. The Labute approximate surface area is 150 Å². The normalized spacial score (nSPS) is 12.8. The largest absolute Gasteiger partial charge is 0.478 e. The molecule has 0 radical (unpaired) electrons. The summed E-state index contributed by atoms with van der Waals surface area (Å²) in [4.78, 5) is 34.4. The number of nitro groups is 1. The SMILES string of the molecule is CCC(OC(=O)c1c(C(=O)O)cccc1[N+](=O)[O-])C(C)c1ccccc1. The van der Waals surface area contributed by atoms with Crippen LogP contribution in [0.3, 0.4) is 0 Å². The molecule has 2 rings (SSSR count). The highest BCUT2D eigenvalue weighted by atomic mass is 16.6. The van der Waals surface area contributed by atoms with Gasteiger partial charge in [-0.3, -0.25) is 10.1 Å². The van der Waals surface area contributed by atoms with E-state index in [0.29, 0.717) is 6.42 Å². The smallest absolute Gasteiger partial charge is 0.346 e. The predicted octanol–water partition coefficient (Wildman–Crippen LogP) is 4.03. The number of hydrogen-bond donors (Lipinski definition) is 1. The molecule has 0 aliphatic heterocycles. The number of carbonyl (C=O) groups excluding carboxylic acids is 1. The molecular weight excluding hydrogens is 338 g/mol. The van der Waals surface area contributed by atoms with E-state index in [0.717, 1.165) is 17.7 Å². The molecule has 7 nitrogen and oxygen atoms in total. The molecule has 26 heavy (non-hydrogen) atoms. The van der Waals surface area contributed by atoms with E-state index in [1.165, 1.54) is 6.07 Å². The molecule has 2 aromatic carbocycles. The molecule has 2 unspecified atom stereocenters. The Morgan fingerprint density at radius 3 is 2.35 bits per heavy atom. The lowest BCUT2D eigenvalue weighted by Crippen LogP contribution is -2.25. The number of nitro benzene ring substituents is 1. The number of carbonyl (C=O) groups is 2. The van der Waals surface area contributed by atoms with Crippen molar-refractivity contribution in [2.24, 2.45) is 0 Å². The van der Waals surface area contributed by atoms with Gasteiger partial charge in [-0.1, -0.05) is 50.2 Å². The quantitative estimate of drug-likeness (QED) is 0.455. The fourth-order valence-electron chi connectivity index (χ4n) is 2.79. The summed E-state index contributed by atoms with van der Waals surface area (Å²) in [5.74, 6) is -2.59. The van der Waals surface area contributed by atoms with Crippen LogP contribution in [0, 0.1) is 10.1 Å². The van der Waals surface area contributed by atoms with Crippen molar-refractivity contribution < 1.29 is 24.4 Å². The first-order valence-corrected chi connectivity index (χ1v) is 8.13. The van der Waals surface area contributed by atoms with Crippen molar-refractivity contribution in [3.63, 3.8) is 0 Å². The number of aromatic carboxylic acids is 1. The highest BCUT2D eigenvalue weighted by molar-refractivity contribution is 6.05. The predicted molar refractivity (Wildman–Crippen MR) is 94.4 cm³/mol. The van der Waals surface area contributed by atoms with Crippen molar-refractivity contribution >= 4 is 17.6 Å². The second-order valence-corrected chi connectivity index (χ2v) is 5.81. The van der Waals surface area contributed by atoms with E-state index >= 15 is 0 Å². The van der Waals surface area contributed by atoms with Crippen LogP contribution >= 0.6 is 0 Å². The minimum Gasteiger partial charge on any atom is -0.478 e. The lowest BCUT2D eigenvalue weighted by atomic mass is 9.93. The van der Waals surface area contributed by atoms with Crippen LogP contribution in [0.15, 0.2) is 48.5 Å². The van der Waals surface area contributed by atoms with Gasteiger partial charge < -0.3 is 9.84 Å². The summed E-state index contributed by atoms with van der Waals surface area (Å²) < 4.78 is 5.48. The molecule has 1 N–H and O–H groups in total. The molecule has 7 heteroatoms. The molecular formula is C19H19NO6. The fraction of sp³-hybridized carbons (Fsp3) is 0.263. The summed E-state index contributed by atoms with van der Waals surface area (Å²) >= 11 is 0. The average molecular weight is 357 g/mol. The van der Waals surface area contributed by atoms with Crippen LogP contribution in [-0.2, 0) is 4.74 Å². The van der Waals surface area contributed by atoms with Crippen molar-refractivity contribution in [2.75, 3.05) is 0 Å². The Hall–Kier alpha value is -3.22. The minimum atomic E-state index is -1.43. The number of carboxylic acid groups (broad SMARTS) is 1. The Morgan fingerprint density at radius 2 is 1.81 bits per heavy atom. The van der Waals surface area contributed by atoms with Gasteiger partial charge in [-0.25, -0.2) is 9.59 Å². The maximum atomic E-state index is 12.6. The molecule has 0 amide bonds. The Kier molecular flexibility index (Phi) is 6.06. The first-order valence-electron chi connectivity index (χ1n) is 8.13. The van der Waals surface area contributed by atoms with E-state index in [2.05, 4.69) is 0 Å². The fourth-order valence-corrected chi connectivity index (χ4v) is 2.79. The summed E-state index contributed by atoms with van der Waals surface area (Å²) in [7, 11) is 0. The van der Waals surface area contributed by atoms with Crippen LogP contribution in [0.1, 0.15) is 52.5 Å². The van der Waals surface area contributed by atoms with Gasteiger partial charge in [0.15, 0.2) is 5.56 Å². The summed E-state index contributed by atoms with van der Waals surface area (Å²) in [5.41, 5.74) is -0.625. The summed E-state index contributed by atoms with van der Waals surface area (Å²) in [6, 6.07) is 12.9. The molecule has 0 aliphatic rings. The number of rotatable bonds is 7. The molecule has 0 saturated heterocycles. The van der Waals surface area contributed by atoms with Crippen LogP contribution < -0.4 is 0 Å². The molecule has 136 valence electrons. The molecule has 0 saturated carbocycles.